The topological polar surface area (TPSA) is 26.0 Å². The first-order chi connectivity index (χ1) is 15.5. The summed E-state index contributed by atoms with van der Waals surface area (Å²) in [6.07, 6.45) is 15.4. The molecule has 1 aromatic carbocycles. The SMILES string of the molecule is C=C/C=C(\C=C)SCCC[N+](C)(C)Cc1cnc(C(c2ccccc2)C2CCCCC2)o1. The highest BCUT2D eigenvalue weighted by molar-refractivity contribution is 8.03. The summed E-state index contributed by atoms with van der Waals surface area (Å²) in [6, 6.07) is 10.8. The molecule has 3 rings (SSSR count). The highest BCUT2D eigenvalue weighted by Crippen LogP contribution is 2.40. The van der Waals surface area contributed by atoms with E-state index in [4.69, 9.17) is 9.40 Å². The second-order valence-electron chi connectivity index (χ2n) is 9.48. The minimum absolute atomic E-state index is 0.270. The van der Waals surface area contributed by atoms with Crippen LogP contribution in [0.1, 0.15) is 61.7 Å². The predicted molar refractivity (Wildman–Crippen MR) is 138 cm³/mol. The Balaban J connectivity index is 1.63. The van der Waals surface area contributed by atoms with Gasteiger partial charge in [-0.3, -0.25) is 0 Å². The average molecular weight is 452 g/mol. The quantitative estimate of drug-likeness (QED) is 0.192. The van der Waals surface area contributed by atoms with Gasteiger partial charge in [-0.15, -0.1) is 11.8 Å². The monoisotopic (exact) mass is 451 g/mol. The number of hydrogen-bond donors (Lipinski definition) is 0. The Bertz CT molecular complexity index is 878. The van der Waals surface area contributed by atoms with Gasteiger partial charge in [0.2, 0.25) is 5.89 Å². The molecule has 0 aliphatic heterocycles. The summed E-state index contributed by atoms with van der Waals surface area (Å²) in [5.41, 5.74) is 1.34. The van der Waals surface area contributed by atoms with Crippen LogP contribution >= 0.6 is 11.8 Å². The highest BCUT2D eigenvalue weighted by atomic mass is 32.2. The van der Waals surface area contributed by atoms with E-state index < -0.39 is 0 Å². The molecule has 0 N–H and O–H groups in total. The number of quaternary nitrogens is 1. The van der Waals surface area contributed by atoms with Gasteiger partial charge in [0.25, 0.3) is 0 Å². The lowest BCUT2D eigenvalue weighted by atomic mass is 9.77. The molecule has 1 saturated carbocycles. The van der Waals surface area contributed by atoms with E-state index in [2.05, 4.69) is 57.6 Å². The van der Waals surface area contributed by atoms with E-state index in [1.165, 1.54) is 42.6 Å². The summed E-state index contributed by atoms with van der Waals surface area (Å²) >= 11 is 1.84. The predicted octanol–water partition coefficient (Wildman–Crippen LogP) is 7.34. The first kappa shape index (κ1) is 24.6. The van der Waals surface area contributed by atoms with Gasteiger partial charge >= 0.3 is 0 Å². The maximum atomic E-state index is 6.42. The zero-order valence-corrected chi connectivity index (χ0v) is 20.7. The van der Waals surface area contributed by atoms with Crippen LogP contribution in [0.2, 0.25) is 0 Å². The maximum Gasteiger partial charge on any atom is 0.202 e. The number of rotatable bonds is 12. The number of oxazole rings is 1. The van der Waals surface area contributed by atoms with Crippen LogP contribution in [0.5, 0.6) is 0 Å². The fourth-order valence-electron chi connectivity index (χ4n) is 4.76. The normalized spacial score (nSPS) is 16.6. The summed E-state index contributed by atoms with van der Waals surface area (Å²) < 4.78 is 7.31. The van der Waals surface area contributed by atoms with Gasteiger partial charge in [-0.1, -0.05) is 74.9 Å². The van der Waals surface area contributed by atoms with E-state index in [0.29, 0.717) is 5.92 Å². The van der Waals surface area contributed by atoms with Crippen LogP contribution in [0.25, 0.3) is 0 Å². The Morgan fingerprint density at radius 1 is 1.19 bits per heavy atom. The summed E-state index contributed by atoms with van der Waals surface area (Å²) in [4.78, 5) is 5.98. The van der Waals surface area contributed by atoms with Crippen LogP contribution < -0.4 is 0 Å². The first-order valence-corrected chi connectivity index (χ1v) is 12.9. The Morgan fingerprint density at radius 2 is 1.94 bits per heavy atom. The van der Waals surface area contributed by atoms with E-state index in [1.54, 1.807) is 0 Å². The van der Waals surface area contributed by atoms with Gasteiger partial charge in [0.05, 0.1) is 32.8 Å². The van der Waals surface area contributed by atoms with Gasteiger partial charge in [-0.2, -0.15) is 0 Å². The molecule has 0 amide bonds. The van der Waals surface area contributed by atoms with Crippen molar-refractivity contribution in [1.82, 2.24) is 4.98 Å². The van der Waals surface area contributed by atoms with E-state index in [-0.39, 0.29) is 5.92 Å². The molecule has 1 unspecified atom stereocenters. The van der Waals surface area contributed by atoms with Crippen LogP contribution in [0.4, 0.5) is 0 Å². The molecule has 1 atom stereocenters. The largest absolute Gasteiger partial charge is 0.439 e. The minimum Gasteiger partial charge on any atom is -0.439 e. The Hall–Kier alpha value is -2.04. The zero-order chi connectivity index (χ0) is 22.8. The molecule has 1 aliphatic carbocycles. The first-order valence-electron chi connectivity index (χ1n) is 11.9. The van der Waals surface area contributed by atoms with Crippen LogP contribution in [-0.2, 0) is 6.54 Å². The Morgan fingerprint density at radius 3 is 2.62 bits per heavy atom. The lowest BCUT2D eigenvalue weighted by molar-refractivity contribution is -0.904. The number of benzene rings is 1. The second kappa shape index (κ2) is 12.3. The Labute approximate surface area is 198 Å². The zero-order valence-electron chi connectivity index (χ0n) is 19.8. The number of hydrogen-bond acceptors (Lipinski definition) is 3. The van der Waals surface area contributed by atoms with Crippen molar-refractivity contribution in [3.63, 3.8) is 0 Å². The lowest BCUT2D eigenvalue weighted by Gasteiger charge is -2.29. The molecule has 1 aromatic heterocycles. The van der Waals surface area contributed by atoms with Crippen molar-refractivity contribution in [3.8, 4) is 0 Å². The van der Waals surface area contributed by atoms with Crippen molar-refractivity contribution in [3.05, 3.63) is 90.0 Å². The summed E-state index contributed by atoms with van der Waals surface area (Å²) in [6.45, 7) is 9.60. The second-order valence-corrected chi connectivity index (χ2v) is 10.6. The molecule has 1 aliphatic rings. The van der Waals surface area contributed by atoms with Crippen LogP contribution in [-0.4, -0.2) is 35.9 Å². The van der Waals surface area contributed by atoms with Gasteiger partial charge in [0.15, 0.2) is 5.76 Å². The van der Waals surface area contributed by atoms with Crippen molar-refractivity contribution >= 4 is 11.8 Å². The molecule has 32 heavy (non-hydrogen) atoms. The highest BCUT2D eigenvalue weighted by Gasteiger charge is 2.31. The molecule has 4 heteroatoms. The standard InChI is InChI=1S/C28H39N2OS/c1-5-14-26(6-2)32-20-13-19-30(3,4)22-25-21-29-28(31-25)27(23-15-9-7-10-16-23)24-17-11-8-12-18-24/h5-7,9-10,14-16,21,24,27H,1-2,8,11-13,17-20,22H2,3-4H3/q+1/b26-14+. The fourth-order valence-corrected chi connectivity index (χ4v) is 5.58. The van der Waals surface area contributed by atoms with Crippen molar-refractivity contribution in [2.45, 2.75) is 51.0 Å². The maximum absolute atomic E-state index is 6.42. The Kier molecular flexibility index (Phi) is 9.43. The average Bonchev–Trinajstić information content (AvgIpc) is 3.24. The van der Waals surface area contributed by atoms with Gasteiger partial charge < -0.3 is 8.90 Å². The number of nitrogens with zero attached hydrogens (tertiary/aromatic N) is 2. The molecule has 1 fully saturated rings. The van der Waals surface area contributed by atoms with E-state index in [1.807, 2.05) is 36.2 Å². The minimum atomic E-state index is 0.270. The molecule has 172 valence electrons. The molecular formula is C28H39N2OS+. The third-order valence-electron chi connectivity index (χ3n) is 6.36. The van der Waals surface area contributed by atoms with E-state index in [9.17, 15) is 0 Å². The molecule has 0 radical (unpaired) electrons. The molecule has 0 bridgehead atoms. The van der Waals surface area contributed by atoms with Gasteiger partial charge in [0.1, 0.15) is 6.54 Å². The molecule has 0 saturated heterocycles. The third kappa shape index (κ3) is 7.25. The smallest absolute Gasteiger partial charge is 0.202 e. The van der Waals surface area contributed by atoms with Gasteiger partial charge in [-0.25, -0.2) is 4.98 Å². The number of thioether (sulfide) groups is 1. The molecule has 1 heterocycles. The van der Waals surface area contributed by atoms with Crippen LogP contribution in [0.3, 0.4) is 0 Å². The summed E-state index contributed by atoms with van der Waals surface area (Å²) in [5.74, 6) is 3.87. The van der Waals surface area contributed by atoms with Crippen molar-refractivity contribution < 1.29 is 8.90 Å². The third-order valence-corrected chi connectivity index (χ3v) is 7.49. The van der Waals surface area contributed by atoms with Crippen molar-refractivity contribution in [1.29, 1.82) is 0 Å². The lowest BCUT2D eigenvalue weighted by Crippen LogP contribution is -2.39. The van der Waals surface area contributed by atoms with Gasteiger partial charge in [-0.05, 0) is 30.4 Å². The van der Waals surface area contributed by atoms with E-state index in [0.717, 1.165) is 41.4 Å². The van der Waals surface area contributed by atoms with Gasteiger partial charge in [0, 0.05) is 17.1 Å². The molecule has 2 aromatic rings. The number of aromatic nitrogens is 1. The molecule has 0 spiro atoms. The van der Waals surface area contributed by atoms with Crippen LogP contribution in [0.15, 0.2) is 77.2 Å². The molecular weight excluding hydrogens is 412 g/mol. The molecule has 3 nitrogen and oxygen atoms in total. The summed E-state index contributed by atoms with van der Waals surface area (Å²) in [5, 5.41) is 0. The van der Waals surface area contributed by atoms with Crippen molar-refractivity contribution in [2.75, 3.05) is 26.4 Å². The summed E-state index contributed by atoms with van der Waals surface area (Å²) in [7, 11) is 4.55. The fraction of sp³-hybridized carbons (Fsp3) is 0.464. The number of allylic oxidation sites excluding steroid dienone is 3. The van der Waals surface area contributed by atoms with Crippen LogP contribution in [0, 0.1) is 5.92 Å². The van der Waals surface area contributed by atoms with E-state index >= 15 is 0 Å². The van der Waals surface area contributed by atoms with Crippen molar-refractivity contribution in [2.24, 2.45) is 5.92 Å².